The zero-order valence-electron chi connectivity index (χ0n) is 6.54. The number of nitrogens with two attached hydrogens (primary N) is 1. The normalized spacial score (nSPS) is 15.0. The molecule has 1 heterocycles. The third-order valence-electron chi connectivity index (χ3n) is 2.02. The molecule has 1 aromatic heterocycles. The maximum atomic E-state index is 5.62. The fraction of sp³-hybridized carbons (Fsp3) is 0.375. The summed E-state index contributed by atoms with van der Waals surface area (Å²) in [7, 11) is 0. The van der Waals surface area contributed by atoms with E-state index in [0.717, 1.165) is 23.9 Å². The van der Waals surface area contributed by atoms with E-state index in [-0.39, 0.29) is 0 Å². The summed E-state index contributed by atoms with van der Waals surface area (Å²) in [5.74, 6) is 5.62. The fourth-order valence-electron chi connectivity index (χ4n) is 1.48. The average molecular weight is 149 g/mol. The van der Waals surface area contributed by atoms with Crippen molar-refractivity contribution in [2.24, 2.45) is 0 Å². The van der Waals surface area contributed by atoms with Crippen LogP contribution in [0.3, 0.4) is 0 Å². The largest absolute Gasteiger partial charge is 0.323 e. The van der Waals surface area contributed by atoms with Gasteiger partial charge in [0.2, 0.25) is 0 Å². The summed E-state index contributed by atoms with van der Waals surface area (Å²) in [6.07, 6.45) is 6.52. The maximum Gasteiger partial charge on any atom is 0.0875 e. The maximum absolute atomic E-state index is 5.62. The summed E-state index contributed by atoms with van der Waals surface area (Å²) >= 11 is 0. The van der Waals surface area contributed by atoms with Crippen molar-refractivity contribution in [1.82, 2.24) is 9.89 Å². The van der Waals surface area contributed by atoms with Gasteiger partial charge in [0.25, 0.3) is 0 Å². The van der Waals surface area contributed by atoms with Gasteiger partial charge in [0, 0.05) is 5.22 Å². The molecule has 2 N–H and O–H groups in total. The summed E-state index contributed by atoms with van der Waals surface area (Å²) in [5, 5.41) is 6.40. The number of nitrogen functional groups attached to an aromatic ring is 1. The number of hydrogen-bond acceptors (Lipinski definition) is 2. The van der Waals surface area contributed by atoms with E-state index in [9.17, 15) is 0 Å². The summed E-state index contributed by atoms with van der Waals surface area (Å²) in [6, 6.07) is 0. The van der Waals surface area contributed by atoms with Crippen LogP contribution in [0.25, 0.3) is 12.2 Å². The molecule has 0 aliphatic heterocycles. The van der Waals surface area contributed by atoms with Crippen molar-refractivity contribution in [3.8, 4) is 0 Å². The van der Waals surface area contributed by atoms with E-state index < -0.39 is 0 Å². The van der Waals surface area contributed by atoms with Crippen LogP contribution in [0.1, 0.15) is 18.5 Å². The van der Waals surface area contributed by atoms with E-state index in [1.807, 2.05) is 6.92 Å². The smallest absolute Gasteiger partial charge is 0.0875 e. The Balaban J connectivity index is 2.92. The van der Waals surface area contributed by atoms with Crippen molar-refractivity contribution < 1.29 is 0 Å². The minimum atomic E-state index is 1.03. The molecule has 0 saturated carbocycles. The van der Waals surface area contributed by atoms with E-state index in [0.29, 0.717) is 0 Å². The predicted molar refractivity (Wildman–Crippen MR) is 44.5 cm³/mol. The van der Waals surface area contributed by atoms with Crippen molar-refractivity contribution in [1.29, 1.82) is 0 Å². The first-order valence-corrected chi connectivity index (χ1v) is 3.80. The minimum absolute atomic E-state index is 1.03. The highest BCUT2D eigenvalue weighted by atomic mass is 15.5. The van der Waals surface area contributed by atoms with Gasteiger partial charge < -0.3 is 5.84 Å². The Labute approximate surface area is 64.8 Å². The van der Waals surface area contributed by atoms with Crippen LogP contribution in [0.15, 0.2) is 0 Å². The second kappa shape index (κ2) is 2.12. The number of fused-ring (bicyclic) bond motifs is 1. The predicted octanol–water partition coefficient (Wildman–Crippen LogP) is -0.740. The van der Waals surface area contributed by atoms with Gasteiger partial charge in [-0.1, -0.05) is 12.2 Å². The lowest BCUT2D eigenvalue weighted by Gasteiger charge is -1.94. The van der Waals surface area contributed by atoms with Crippen molar-refractivity contribution in [3.63, 3.8) is 0 Å². The Bertz CT molecular complexity index is 350. The first-order chi connectivity index (χ1) is 5.29. The zero-order valence-corrected chi connectivity index (χ0v) is 6.54. The van der Waals surface area contributed by atoms with Gasteiger partial charge in [-0.15, -0.1) is 0 Å². The van der Waals surface area contributed by atoms with Crippen LogP contribution in [0.2, 0.25) is 0 Å². The van der Waals surface area contributed by atoms with E-state index in [1.165, 1.54) is 10.0 Å². The molecule has 0 radical (unpaired) electrons. The minimum Gasteiger partial charge on any atom is -0.323 e. The number of hydrogen-bond donors (Lipinski definition) is 1. The fourth-order valence-corrected chi connectivity index (χ4v) is 1.48. The van der Waals surface area contributed by atoms with Crippen LogP contribution in [0.4, 0.5) is 0 Å². The summed E-state index contributed by atoms with van der Waals surface area (Å²) in [6.45, 7) is 1.98. The van der Waals surface area contributed by atoms with Crippen LogP contribution in [-0.4, -0.2) is 9.89 Å². The molecule has 11 heavy (non-hydrogen) atoms. The molecule has 3 nitrogen and oxygen atoms in total. The molecule has 0 aromatic carbocycles. The first kappa shape index (κ1) is 6.46. The lowest BCUT2D eigenvalue weighted by Crippen LogP contribution is -2.35. The number of nitrogens with zero attached hydrogens (tertiary/aromatic N) is 2. The van der Waals surface area contributed by atoms with Crippen LogP contribution < -0.4 is 16.4 Å². The van der Waals surface area contributed by atoms with Gasteiger partial charge in [0.15, 0.2) is 0 Å². The molecule has 0 fully saturated rings. The van der Waals surface area contributed by atoms with Gasteiger partial charge in [0.05, 0.1) is 11.0 Å². The van der Waals surface area contributed by atoms with E-state index in [2.05, 4.69) is 17.3 Å². The van der Waals surface area contributed by atoms with Crippen molar-refractivity contribution in [3.05, 3.63) is 16.3 Å². The highest BCUT2D eigenvalue weighted by Gasteiger charge is 2.01. The number of aromatic nitrogens is 2. The third-order valence-corrected chi connectivity index (χ3v) is 2.02. The molecule has 3 heteroatoms. The monoisotopic (exact) mass is 149 g/mol. The molecule has 2 rings (SSSR count). The molecule has 58 valence electrons. The number of aryl methyl sites for hydroxylation is 1. The zero-order chi connectivity index (χ0) is 7.84. The Morgan fingerprint density at radius 2 is 2.18 bits per heavy atom. The lowest BCUT2D eigenvalue weighted by atomic mass is 10.1. The van der Waals surface area contributed by atoms with Gasteiger partial charge in [-0.2, -0.15) is 9.89 Å². The molecule has 0 bridgehead atoms. The lowest BCUT2D eigenvalue weighted by molar-refractivity contribution is 0.790. The highest BCUT2D eigenvalue weighted by molar-refractivity contribution is 5.37. The molecule has 0 saturated heterocycles. The molecule has 0 amide bonds. The molecule has 0 atom stereocenters. The van der Waals surface area contributed by atoms with Gasteiger partial charge in [-0.25, -0.2) is 0 Å². The molecular formula is C8H11N3. The Morgan fingerprint density at radius 3 is 2.91 bits per heavy atom. The topological polar surface area (TPSA) is 43.8 Å². The Hall–Kier alpha value is -1.25. The van der Waals surface area contributed by atoms with Gasteiger partial charge >= 0.3 is 0 Å². The second-order valence-corrected chi connectivity index (χ2v) is 2.81. The standard InChI is InChI=1S/C8H11N3/c1-6-7-4-2-3-5-8(7)11(9)10-6/h4-5H,2-3,9H2,1H3. The van der Waals surface area contributed by atoms with Crippen LogP contribution in [0.5, 0.6) is 0 Å². The second-order valence-electron chi connectivity index (χ2n) is 2.81. The van der Waals surface area contributed by atoms with E-state index in [4.69, 9.17) is 5.84 Å². The van der Waals surface area contributed by atoms with E-state index >= 15 is 0 Å². The average Bonchev–Trinajstić information content (AvgIpc) is 2.30. The van der Waals surface area contributed by atoms with E-state index in [1.54, 1.807) is 0 Å². The summed E-state index contributed by atoms with van der Waals surface area (Å²) in [4.78, 5) is 1.46. The molecule has 0 spiro atoms. The van der Waals surface area contributed by atoms with Gasteiger partial charge in [-0.05, 0) is 19.8 Å². The molecule has 0 unspecified atom stereocenters. The summed E-state index contributed by atoms with van der Waals surface area (Å²) < 4.78 is 0. The number of rotatable bonds is 0. The van der Waals surface area contributed by atoms with Crippen molar-refractivity contribution in [2.45, 2.75) is 19.8 Å². The van der Waals surface area contributed by atoms with Crippen LogP contribution >= 0.6 is 0 Å². The summed E-state index contributed by atoms with van der Waals surface area (Å²) in [5.41, 5.74) is 1.03. The highest BCUT2D eigenvalue weighted by Crippen LogP contribution is 1.94. The van der Waals surface area contributed by atoms with Crippen molar-refractivity contribution in [2.75, 3.05) is 5.84 Å². The molecular weight excluding hydrogens is 138 g/mol. The molecule has 1 aliphatic carbocycles. The Kier molecular flexibility index (Phi) is 1.24. The quantitative estimate of drug-likeness (QED) is 0.494. The SMILES string of the molecule is Cc1nn(N)c2c1=CCCC=2. The van der Waals surface area contributed by atoms with Gasteiger partial charge in [0.1, 0.15) is 0 Å². The van der Waals surface area contributed by atoms with Crippen LogP contribution in [0, 0.1) is 6.92 Å². The van der Waals surface area contributed by atoms with Crippen molar-refractivity contribution >= 4 is 12.2 Å². The van der Waals surface area contributed by atoms with Gasteiger partial charge in [-0.3, -0.25) is 0 Å². The van der Waals surface area contributed by atoms with Crippen LogP contribution in [-0.2, 0) is 0 Å². The first-order valence-electron chi connectivity index (χ1n) is 3.80. The molecule has 1 aliphatic rings. The molecule has 1 aromatic rings. The third kappa shape index (κ3) is 0.843. The Morgan fingerprint density at radius 1 is 1.45 bits per heavy atom.